The van der Waals surface area contributed by atoms with Crippen LogP contribution >= 0.6 is 0 Å². The summed E-state index contributed by atoms with van der Waals surface area (Å²) in [6, 6.07) is 8.41. The molecule has 0 N–H and O–H groups in total. The molecule has 2 rings (SSSR count). The maximum atomic E-state index is 12.4. The number of aryl methyl sites for hydroxylation is 1. The van der Waals surface area contributed by atoms with Crippen LogP contribution in [0.25, 0.3) is 0 Å². The first-order valence-electron chi connectivity index (χ1n) is 7.05. The number of Topliss-reactive ketones (excluding diaryl/α,β-unsaturated/α-hetero) is 1. The van der Waals surface area contributed by atoms with Crippen LogP contribution in [0.3, 0.4) is 0 Å². The molecule has 3 heteroatoms. The molecule has 3 nitrogen and oxygen atoms in total. The van der Waals surface area contributed by atoms with Crippen molar-refractivity contribution in [1.82, 2.24) is 9.80 Å². The van der Waals surface area contributed by atoms with Gasteiger partial charge in [-0.2, -0.15) is 0 Å². The van der Waals surface area contributed by atoms with Crippen LogP contribution in [0.4, 0.5) is 0 Å². The van der Waals surface area contributed by atoms with Gasteiger partial charge in [-0.3, -0.25) is 9.69 Å². The quantitative estimate of drug-likeness (QED) is 0.758. The van der Waals surface area contributed by atoms with Crippen LogP contribution in [-0.4, -0.2) is 55.4 Å². The molecule has 1 aliphatic heterocycles. The highest BCUT2D eigenvalue weighted by Crippen LogP contribution is 2.19. The molecule has 1 saturated heterocycles. The zero-order chi connectivity index (χ0) is 13.8. The first-order valence-corrected chi connectivity index (χ1v) is 7.05. The van der Waals surface area contributed by atoms with Gasteiger partial charge in [0.05, 0.1) is 6.54 Å². The number of rotatable bonds is 5. The Labute approximate surface area is 116 Å². The van der Waals surface area contributed by atoms with E-state index in [4.69, 9.17) is 0 Å². The average Bonchev–Trinajstić information content (AvgIpc) is 2.76. The normalized spacial score (nSPS) is 20.1. The molecule has 0 spiro atoms. The van der Waals surface area contributed by atoms with Gasteiger partial charge in [0, 0.05) is 18.2 Å². The van der Waals surface area contributed by atoms with Gasteiger partial charge in [-0.25, -0.2) is 0 Å². The van der Waals surface area contributed by atoms with Crippen molar-refractivity contribution in [2.45, 2.75) is 25.8 Å². The van der Waals surface area contributed by atoms with E-state index >= 15 is 0 Å². The van der Waals surface area contributed by atoms with Crippen LogP contribution in [-0.2, 0) is 0 Å². The van der Waals surface area contributed by atoms with Crippen LogP contribution in [0.5, 0.6) is 0 Å². The Kier molecular flexibility index (Phi) is 4.72. The second-order valence-electron chi connectivity index (χ2n) is 5.77. The largest absolute Gasteiger partial charge is 0.308 e. The lowest BCUT2D eigenvalue weighted by atomic mass is 10.0. The van der Waals surface area contributed by atoms with Gasteiger partial charge in [0.15, 0.2) is 5.78 Å². The van der Waals surface area contributed by atoms with Crippen molar-refractivity contribution >= 4 is 5.78 Å². The van der Waals surface area contributed by atoms with Gasteiger partial charge in [0.1, 0.15) is 0 Å². The number of hydrogen-bond acceptors (Lipinski definition) is 3. The minimum atomic E-state index is 0.253. The number of benzene rings is 1. The molecule has 1 fully saturated rings. The number of carbonyl (C=O) groups excluding carboxylic acids is 1. The summed E-state index contributed by atoms with van der Waals surface area (Å²) >= 11 is 0. The van der Waals surface area contributed by atoms with E-state index in [2.05, 4.69) is 23.9 Å². The fourth-order valence-electron chi connectivity index (χ4n) is 2.89. The Morgan fingerprint density at radius 2 is 2.11 bits per heavy atom. The summed E-state index contributed by atoms with van der Waals surface area (Å²) < 4.78 is 0. The third-order valence-electron chi connectivity index (χ3n) is 3.87. The summed E-state index contributed by atoms with van der Waals surface area (Å²) in [6.07, 6.45) is 2.42. The molecule has 1 aliphatic rings. The van der Waals surface area contributed by atoms with Crippen molar-refractivity contribution in [3.8, 4) is 0 Å². The molecule has 104 valence electrons. The van der Waals surface area contributed by atoms with E-state index in [-0.39, 0.29) is 5.78 Å². The third kappa shape index (κ3) is 3.64. The molecule has 0 aromatic heterocycles. The molecule has 1 aromatic rings. The van der Waals surface area contributed by atoms with Crippen LogP contribution in [0.2, 0.25) is 0 Å². The second kappa shape index (κ2) is 6.31. The molecule has 0 aliphatic carbocycles. The minimum Gasteiger partial charge on any atom is -0.308 e. The van der Waals surface area contributed by atoms with Crippen LogP contribution in [0.15, 0.2) is 24.3 Å². The number of likely N-dealkylation sites (N-methyl/N-ethyl adjacent to an activating group) is 1. The smallest absolute Gasteiger partial charge is 0.177 e. The second-order valence-corrected chi connectivity index (χ2v) is 5.77. The Balaban J connectivity index is 2.00. The first kappa shape index (κ1) is 14.2. The van der Waals surface area contributed by atoms with E-state index < -0.39 is 0 Å². The van der Waals surface area contributed by atoms with Crippen molar-refractivity contribution in [2.75, 3.05) is 33.7 Å². The molecule has 1 aromatic carbocycles. The number of nitrogens with zero attached hydrogens (tertiary/aromatic N) is 2. The molecular weight excluding hydrogens is 236 g/mol. The zero-order valence-electron chi connectivity index (χ0n) is 12.2. The lowest BCUT2D eigenvalue weighted by Crippen LogP contribution is -2.40. The molecule has 1 heterocycles. The van der Waals surface area contributed by atoms with Gasteiger partial charge < -0.3 is 4.90 Å². The Hall–Kier alpha value is -1.19. The molecule has 1 unspecified atom stereocenters. The van der Waals surface area contributed by atoms with E-state index in [1.54, 1.807) is 0 Å². The van der Waals surface area contributed by atoms with E-state index in [9.17, 15) is 4.79 Å². The first-order chi connectivity index (χ1) is 9.08. The Morgan fingerprint density at radius 1 is 1.37 bits per heavy atom. The van der Waals surface area contributed by atoms with Gasteiger partial charge in [-0.1, -0.05) is 24.3 Å². The number of ketones is 1. The van der Waals surface area contributed by atoms with Crippen molar-refractivity contribution in [3.63, 3.8) is 0 Å². The Morgan fingerprint density at radius 3 is 2.79 bits per heavy atom. The van der Waals surface area contributed by atoms with E-state index in [0.29, 0.717) is 12.6 Å². The number of likely N-dealkylation sites (tertiary alicyclic amines) is 1. The summed E-state index contributed by atoms with van der Waals surface area (Å²) in [4.78, 5) is 16.9. The van der Waals surface area contributed by atoms with Crippen molar-refractivity contribution in [3.05, 3.63) is 35.4 Å². The molecular formula is C16H24N2O. The predicted molar refractivity (Wildman–Crippen MR) is 78.7 cm³/mol. The van der Waals surface area contributed by atoms with Crippen molar-refractivity contribution in [2.24, 2.45) is 0 Å². The SMILES string of the molecule is Cc1ccccc1C(=O)CN1CCCC1CN(C)C. The van der Waals surface area contributed by atoms with E-state index in [0.717, 1.165) is 24.2 Å². The lowest BCUT2D eigenvalue weighted by Gasteiger charge is -2.26. The summed E-state index contributed by atoms with van der Waals surface area (Å²) in [6.45, 7) is 4.66. The maximum Gasteiger partial charge on any atom is 0.177 e. The molecule has 0 radical (unpaired) electrons. The molecule has 0 bridgehead atoms. The van der Waals surface area contributed by atoms with Crippen LogP contribution in [0.1, 0.15) is 28.8 Å². The molecule has 0 amide bonds. The summed E-state index contributed by atoms with van der Waals surface area (Å²) in [5, 5.41) is 0. The van der Waals surface area contributed by atoms with Gasteiger partial charge in [-0.05, 0) is 46.0 Å². The fraction of sp³-hybridized carbons (Fsp3) is 0.562. The van der Waals surface area contributed by atoms with Crippen LogP contribution < -0.4 is 0 Å². The molecule has 1 atom stereocenters. The molecule has 0 saturated carbocycles. The standard InChI is InChI=1S/C16H24N2O/c1-13-7-4-5-9-15(13)16(19)12-18-10-6-8-14(18)11-17(2)3/h4-5,7,9,14H,6,8,10-12H2,1-3H3. The number of hydrogen-bond donors (Lipinski definition) is 0. The van der Waals surface area contributed by atoms with Crippen molar-refractivity contribution in [1.29, 1.82) is 0 Å². The van der Waals surface area contributed by atoms with Gasteiger partial charge in [-0.15, -0.1) is 0 Å². The maximum absolute atomic E-state index is 12.4. The topological polar surface area (TPSA) is 23.6 Å². The summed E-state index contributed by atoms with van der Waals surface area (Å²) in [7, 11) is 4.19. The van der Waals surface area contributed by atoms with Gasteiger partial charge >= 0.3 is 0 Å². The molecule has 19 heavy (non-hydrogen) atoms. The van der Waals surface area contributed by atoms with Gasteiger partial charge in [0.2, 0.25) is 0 Å². The number of carbonyl (C=O) groups is 1. The summed E-state index contributed by atoms with van der Waals surface area (Å²) in [5.74, 6) is 0.253. The monoisotopic (exact) mass is 260 g/mol. The van der Waals surface area contributed by atoms with E-state index in [1.165, 1.54) is 12.8 Å². The third-order valence-corrected chi connectivity index (χ3v) is 3.87. The highest BCUT2D eigenvalue weighted by atomic mass is 16.1. The minimum absolute atomic E-state index is 0.253. The highest BCUT2D eigenvalue weighted by Gasteiger charge is 2.26. The average molecular weight is 260 g/mol. The summed E-state index contributed by atoms with van der Waals surface area (Å²) in [5.41, 5.74) is 1.95. The lowest BCUT2D eigenvalue weighted by molar-refractivity contribution is 0.0910. The fourth-order valence-corrected chi connectivity index (χ4v) is 2.89. The van der Waals surface area contributed by atoms with E-state index in [1.807, 2.05) is 31.2 Å². The Bertz CT molecular complexity index is 442. The van der Waals surface area contributed by atoms with Crippen LogP contribution in [0, 0.1) is 6.92 Å². The predicted octanol–water partition coefficient (Wildman–Crippen LogP) is 2.20. The van der Waals surface area contributed by atoms with Gasteiger partial charge in [0.25, 0.3) is 0 Å². The highest BCUT2D eigenvalue weighted by molar-refractivity contribution is 5.98. The zero-order valence-corrected chi connectivity index (χ0v) is 12.2. The van der Waals surface area contributed by atoms with Crippen molar-refractivity contribution < 1.29 is 4.79 Å².